The lowest BCUT2D eigenvalue weighted by molar-refractivity contribution is 0.220. The second-order valence-corrected chi connectivity index (χ2v) is 4.83. The van der Waals surface area contributed by atoms with Gasteiger partial charge in [-0.3, -0.25) is 0 Å². The lowest BCUT2D eigenvalue weighted by Gasteiger charge is -2.12. The van der Waals surface area contributed by atoms with Gasteiger partial charge in [-0.1, -0.05) is 24.3 Å². The van der Waals surface area contributed by atoms with Gasteiger partial charge in [0.2, 0.25) is 0 Å². The molecule has 2 rings (SSSR count). The number of rotatable bonds is 6. The van der Waals surface area contributed by atoms with Crippen LogP contribution in [0.4, 0.5) is 0 Å². The van der Waals surface area contributed by atoms with Gasteiger partial charge in [0, 0.05) is 5.88 Å². The highest BCUT2D eigenvalue weighted by Gasteiger charge is 2.10. The van der Waals surface area contributed by atoms with Crippen LogP contribution in [0.1, 0.15) is 23.7 Å². The van der Waals surface area contributed by atoms with E-state index in [1.54, 1.807) is 24.3 Å². The quantitative estimate of drug-likeness (QED) is 0.633. The molecule has 0 aliphatic rings. The molecule has 3 nitrogen and oxygen atoms in total. The van der Waals surface area contributed by atoms with Crippen molar-refractivity contribution in [1.82, 2.24) is 0 Å². The fraction of sp³-hybridized carbons (Fsp3) is 0.250. The lowest BCUT2D eigenvalue weighted by atomic mass is 10.0. The van der Waals surface area contributed by atoms with E-state index in [9.17, 15) is 10.2 Å². The first-order valence-electron chi connectivity index (χ1n) is 6.46. The first kappa shape index (κ1) is 14.7. The minimum absolute atomic E-state index is 0.184. The average molecular weight is 293 g/mol. The van der Waals surface area contributed by atoms with E-state index in [1.807, 2.05) is 24.3 Å². The summed E-state index contributed by atoms with van der Waals surface area (Å²) in [5, 5.41) is 19.5. The summed E-state index contributed by atoms with van der Waals surface area (Å²) < 4.78 is 5.50. The van der Waals surface area contributed by atoms with Crippen molar-refractivity contribution in [2.24, 2.45) is 0 Å². The molecule has 0 saturated carbocycles. The van der Waals surface area contributed by atoms with E-state index in [4.69, 9.17) is 16.3 Å². The summed E-state index contributed by atoms with van der Waals surface area (Å²) in [5.74, 6) is 1.53. The topological polar surface area (TPSA) is 49.7 Å². The number of phenolic OH excluding ortho intramolecular Hbond substituents is 1. The highest BCUT2D eigenvalue weighted by molar-refractivity contribution is 6.17. The molecule has 0 saturated heterocycles. The predicted octanol–water partition coefficient (Wildman–Crippen LogP) is 3.48. The molecule has 0 aliphatic heterocycles. The Kier molecular flexibility index (Phi) is 5.27. The third-order valence-corrected chi connectivity index (χ3v) is 3.22. The molecule has 0 heterocycles. The molecule has 20 heavy (non-hydrogen) atoms. The molecule has 0 aliphatic carbocycles. The van der Waals surface area contributed by atoms with Crippen molar-refractivity contribution in [3.63, 3.8) is 0 Å². The minimum atomic E-state index is -0.715. The third-order valence-electron chi connectivity index (χ3n) is 2.95. The number of alkyl halides is 1. The molecule has 2 N–H and O–H groups in total. The van der Waals surface area contributed by atoms with Crippen LogP contribution in [0, 0.1) is 0 Å². The first-order chi connectivity index (χ1) is 9.70. The van der Waals surface area contributed by atoms with Crippen LogP contribution >= 0.6 is 11.6 Å². The number of hydrogen-bond donors (Lipinski definition) is 2. The molecule has 0 aromatic heterocycles. The Morgan fingerprint density at radius 1 is 0.950 bits per heavy atom. The van der Waals surface area contributed by atoms with Gasteiger partial charge in [0.1, 0.15) is 17.6 Å². The van der Waals surface area contributed by atoms with Gasteiger partial charge in [0.15, 0.2) is 0 Å². The van der Waals surface area contributed by atoms with Gasteiger partial charge in [-0.05, 0) is 41.8 Å². The van der Waals surface area contributed by atoms with Crippen LogP contribution in [0.25, 0.3) is 0 Å². The molecule has 2 aromatic carbocycles. The maximum Gasteiger partial charge on any atom is 0.119 e. The van der Waals surface area contributed by atoms with Crippen molar-refractivity contribution in [3.8, 4) is 11.5 Å². The second kappa shape index (κ2) is 7.17. The van der Waals surface area contributed by atoms with Gasteiger partial charge >= 0.3 is 0 Å². The van der Waals surface area contributed by atoms with Crippen molar-refractivity contribution < 1.29 is 14.9 Å². The van der Waals surface area contributed by atoms with Crippen LogP contribution in [0.15, 0.2) is 48.5 Å². The molecule has 0 spiro atoms. The molecule has 0 radical (unpaired) electrons. The summed E-state index contributed by atoms with van der Waals surface area (Å²) in [7, 11) is 0. The van der Waals surface area contributed by atoms with E-state index in [2.05, 4.69) is 0 Å². The van der Waals surface area contributed by atoms with Gasteiger partial charge in [0.05, 0.1) is 6.61 Å². The van der Waals surface area contributed by atoms with Gasteiger partial charge in [0.25, 0.3) is 0 Å². The largest absolute Gasteiger partial charge is 0.508 e. The molecule has 0 fully saturated rings. The minimum Gasteiger partial charge on any atom is -0.508 e. The van der Waals surface area contributed by atoms with E-state index >= 15 is 0 Å². The maximum absolute atomic E-state index is 10.2. The monoisotopic (exact) mass is 292 g/mol. The molecule has 4 heteroatoms. The fourth-order valence-corrected chi connectivity index (χ4v) is 1.95. The van der Waals surface area contributed by atoms with Crippen molar-refractivity contribution in [2.45, 2.75) is 12.5 Å². The zero-order valence-electron chi connectivity index (χ0n) is 11.0. The van der Waals surface area contributed by atoms with Gasteiger partial charge in [-0.25, -0.2) is 0 Å². The number of ether oxygens (including phenoxy) is 1. The van der Waals surface area contributed by atoms with Crippen molar-refractivity contribution in [1.29, 1.82) is 0 Å². The van der Waals surface area contributed by atoms with Crippen LogP contribution in [0.5, 0.6) is 11.5 Å². The molecular formula is C16H17ClO3. The van der Waals surface area contributed by atoms with Crippen LogP contribution < -0.4 is 4.74 Å². The Morgan fingerprint density at radius 2 is 1.50 bits per heavy atom. The Labute approximate surface area is 123 Å². The summed E-state index contributed by atoms with van der Waals surface area (Å²) in [6.07, 6.45) is 0.0897. The smallest absolute Gasteiger partial charge is 0.119 e. The highest BCUT2D eigenvalue weighted by Crippen LogP contribution is 2.25. The van der Waals surface area contributed by atoms with Crippen molar-refractivity contribution in [2.75, 3.05) is 12.5 Å². The van der Waals surface area contributed by atoms with E-state index in [0.29, 0.717) is 12.5 Å². The van der Waals surface area contributed by atoms with E-state index in [-0.39, 0.29) is 5.75 Å². The molecular weight excluding hydrogens is 276 g/mol. The number of phenols is 1. The standard InChI is InChI=1S/C16H17ClO3/c17-10-1-11-20-15-8-4-13(5-9-15)16(19)12-2-6-14(18)7-3-12/h2-9,16,18-19H,1,10-11H2. The summed E-state index contributed by atoms with van der Waals surface area (Å²) in [5.41, 5.74) is 1.51. The molecule has 0 bridgehead atoms. The van der Waals surface area contributed by atoms with Crippen LogP contribution in [-0.4, -0.2) is 22.7 Å². The maximum atomic E-state index is 10.2. The Hall–Kier alpha value is -1.71. The second-order valence-electron chi connectivity index (χ2n) is 4.45. The Balaban J connectivity index is 2.03. The zero-order valence-corrected chi connectivity index (χ0v) is 11.8. The third kappa shape index (κ3) is 3.89. The number of hydrogen-bond acceptors (Lipinski definition) is 3. The molecule has 0 amide bonds. The number of halogens is 1. The van der Waals surface area contributed by atoms with Gasteiger partial charge in [-0.2, -0.15) is 0 Å². The van der Waals surface area contributed by atoms with Gasteiger partial charge in [-0.15, -0.1) is 11.6 Å². The Morgan fingerprint density at radius 3 is 2.05 bits per heavy atom. The first-order valence-corrected chi connectivity index (χ1v) is 7.00. The van der Waals surface area contributed by atoms with E-state index in [1.165, 1.54) is 0 Å². The summed E-state index contributed by atoms with van der Waals surface area (Å²) in [6.45, 7) is 0.587. The molecule has 106 valence electrons. The van der Waals surface area contributed by atoms with E-state index in [0.717, 1.165) is 23.3 Å². The van der Waals surface area contributed by atoms with Crippen LogP contribution in [0.3, 0.4) is 0 Å². The number of aromatic hydroxyl groups is 1. The average Bonchev–Trinajstić information content (AvgIpc) is 2.48. The summed E-state index contributed by atoms with van der Waals surface area (Å²) >= 11 is 5.58. The Bertz CT molecular complexity index is 522. The van der Waals surface area contributed by atoms with Crippen LogP contribution in [0.2, 0.25) is 0 Å². The molecule has 2 aromatic rings. The SMILES string of the molecule is Oc1ccc(C(O)c2ccc(OCCCCl)cc2)cc1. The predicted molar refractivity (Wildman–Crippen MR) is 79.4 cm³/mol. The van der Waals surface area contributed by atoms with E-state index < -0.39 is 6.10 Å². The van der Waals surface area contributed by atoms with Gasteiger partial charge < -0.3 is 14.9 Å². The molecule has 1 atom stereocenters. The lowest BCUT2D eigenvalue weighted by Crippen LogP contribution is -2.01. The van der Waals surface area contributed by atoms with Crippen LogP contribution in [-0.2, 0) is 0 Å². The fourth-order valence-electron chi connectivity index (χ4n) is 1.84. The number of benzene rings is 2. The number of aliphatic hydroxyl groups excluding tert-OH is 1. The summed E-state index contributed by atoms with van der Waals surface area (Å²) in [4.78, 5) is 0. The molecule has 1 unspecified atom stereocenters. The van der Waals surface area contributed by atoms with Crippen molar-refractivity contribution >= 4 is 11.6 Å². The van der Waals surface area contributed by atoms with Crippen molar-refractivity contribution in [3.05, 3.63) is 59.7 Å². The number of aliphatic hydroxyl groups is 1. The highest BCUT2D eigenvalue weighted by atomic mass is 35.5. The normalized spacial score (nSPS) is 12.1. The summed E-state index contributed by atoms with van der Waals surface area (Å²) in [6, 6.07) is 13.8. The zero-order chi connectivity index (χ0) is 14.4.